The summed E-state index contributed by atoms with van der Waals surface area (Å²) in [4.78, 5) is 23.0. The van der Waals surface area contributed by atoms with Crippen molar-refractivity contribution in [3.63, 3.8) is 0 Å². The first-order valence-corrected chi connectivity index (χ1v) is 6.42. The first-order valence-electron chi connectivity index (χ1n) is 5.62. The Kier molecular flexibility index (Phi) is 2.66. The van der Waals surface area contributed by atoms with Crippen molar-refractivity contribution in [2.24, 2.45) is 0 Å². The quantitative estimate of drug-likeness (QED) is 0.643. The second-order valence-corrected chi connectivity index (χ2v) is 5.06. The molecule has 0 aromatic carbocycles. The van der Waals surface area contributed by atoms with Gasteiger partial charge in [0.1, 0.15) is 4.60 Å². The number of piperidine rings is 1. The van der Waals surface area contributed by atoms with E-state index in [1.54, 1.807) is 10.7 Å². The van der Waals surface area contributed by atoms with E-state index in [1.165, 1.54) is 0 Å². The number of rotatable bonds is 1. The lowest BCUT2D eigenvalue weighted by Gasteiger charge is -2.21. The first-order chi connectivity index (χ1) is 8.66. The van der Waals surface area contributed by atoms with Gasteiger partial charge < -0.3 is 0 Å². The molecule has 2 aromatic rings. The molecular weight excluding hydrogens is 298 g/mol. The number of pyridine rings is 1. The maximum absolute atomic E-state index is 11.9. The van der Waals surface area contributed by atoms with Crippen LogP contribution in [-0.4, -0.2) is 21.4 Å². The molecule has 1 aliphatic heterocycles. The summed E-state index contributed by atoms with van der Waals surface area (Å²) in [5, 5.41) is 6.56. The summed E-state index contributed by atoms with van der Waals surface area (Å²) in [5.41, 5.74) is 1.79. The SMILES string of the molecule is O=C1CCC(c2ccc(Br)n3nccc23)C(=O)N1. The fourth-order valence-corrected chi connectivity index (χ4v) is 2.71. The molecule has 1 atom stereocenters. The van der Waals surface area contributed by atoms with E-state index in [0.29, 0.717) is 12.8 Å². The van der Waals surface area contributed by atoms with Crippen molar-refractivity contribution in [3.05, 3.63) is 34.6 Å². The summed E-state index contributed by atoms with van der Waals surface area (Å²) < 4.78 is 2.57. The van der Waals surface area contributed by atoms with Crippen LogP contribution in [0, 0.1) is 0 Å². The summed E-state index contributed by atoms with van der Waals surface area (Å²) in [6.45, 7) is 0. The van der Waals surface area contributed by atoms with Crippen molar-refractivity contribution in [1.29, 1.82) is 0 Å². The third-order valence-electron chi connectivity index (χ3n) is 3.16. The predicted molar refractivity (Wildman–Crippen MR) is 68.0 cm³/mol. The Labute approximate surface area is 111 Å². The number of amides is 2. The summed E-state index contributed by atoms with van der Waals surface area (Å²) in [7, 11) is 0. The van der Waals surface area contributed by atoms with Gasteiger partial charge in [0.15, 0.2) is 0 Å². The molecule has 1 saturated heterocycles. The number of nitrogens with one attached hydrogen (secondary N) is 1. The number of fused-ring (bicyclic) bond motifs is 1. The van der Waals surface area contributed by atoms with Crippen LogP contribution in [0.5, 0.6) is 0 Å². The molecule has 18 heavy (non-hydrogen) atoms. The standard InChI is InChI=1S/C12H10BrN3O2/c13-10-3-1-7(9-5-6-14-16(9)10)8-2-4-11(17)15-12(8)18/h1,3,5-6,8H,2,4H2,(H,15,17,18). The van der Waals surface area contributed by atoms with E-state index >= 15 is 0 Å². The van der Waals surface area contributed by atoms with E-state index in [-0.39, 0.29) is 17.7 Å². The zero-order valence-electron chi connectivity index (χ0n) is 9.39. The van der Waals surface area contributed by atoms with Crippen molar-refractivity contribution in [2.75, 3.05) is 0 Å². The third kappa shape index (κ3) is 1.73. The Hall–Kier alpha value is -1.69. The van der Waals surface area contributed by atoms with E-state index in [0.717, 1.165) is 15.7 Å². The molecule has 1 aliphatic rings. The van der Waals surface area contributed by atoms with E-state index in [4.69, 9.17) is 0 Å². The molecule has 2 aromatic heterocycles. The average Bonchev–Trinajstić information content (AvgIpc) is 2.81. The number of aromatic nitrogens is 2. The number of imide groups is 1. The molecule has 0 spiro atoms. The highest BCUT2D eigenvalue weighted by Gasteiger charge is 2.29. The second-order valence-electron chi connectivity index (χ2n) is 4.24. The van der Waals surface area contributed by atoms with Crippen molar-refractivity contribution in [3.8, 4) is 0 Å². The highest BCUT2D eigenvalue weighted by Crippen LogP contribution is 2.29. The van der Waals surface area contributed by atoms with Gasteiger partial charge in [0.25, 0.3) is 0 Å². The van der Waals surface area contributed by atoms with Gasteiger partial charge in [-0.2, -0.15) is 5.10 Å². The number of nitrogens with zero attached hydrogens (tertiary/aromatic N) is 2. The van der Waals surface area contributed by atoms with E-state index in [9.17, 15) is 9.59 Å². The molecule has 1 unspecified atom stereocenters. The molecule has 0 aliphatic carbocycles. The Morgan fingerprint density at radius 3 is 2.94 bits per heavy atom. The highest BCUT2D eigenvalue weighted by atomic mass is 79.9. The fourth-order valence-electron chi connectivity index (χ4n) is 2.29. The van der Waals surface area contributed by atoms with Gasteiger partial charge in [0.05, 0.1) is 17.6 Å². The summed E-state index contributed by atoms with van der Waals surface area (Å²) in [6, 6.07) is 5.63. The van der Waals surface area contributed by atoms with Crippen LogP contribution in [0.15, 0.2) is 29.0 Å². The molecule has 0 radical (unpaired) electrons. The van der Waals surface area contributed by atoms with Gasteiger partial charge in [-0.25, -0.2) is 4.52 Å². The monoisotopic (exact) mass is 307 g/mol. The van der Waals surface area contributed by atoms with Gasteiger partial charge in [-0.3, -0.25) is 14.9 Å². The molecule has 1 fully saturated rings. The fraction of sp³-hybridized carbons (Fsp3) is 0.250. The number of carbonyl (C=O) groups excluding carboxylic acids is 2. The molecule has 3 rings (SSSR count). The Morgan fingerprint density at radius 2 is 2.17 bits per heavy atom. The lowest BCUT2D eigenvalue weighted by atomic mass is 9.90. The van der Waals surface area contributed by atoms with Crippen molar-refractivity contribution < 1.29 is 9.59 Å². The lowest BCUT2D eigenvalue weighted by Crippen LogP contribution is -2.39. The topological polar surface area (TPSA) is 63.5 Å². The maximum Gasteiger partial charge on any atom is 0.234 e. The zero-order chi connectivity index (χ0) is 12.7. The molecule has 5 nitrogen and oxygen atoms in total. The second kappa shape index (κ2) is 4.20. The predicted octanol–water partition coefficient (Wildman–Crippen LogP) is 1.62. The van der Waals surface area contributed by atoms with E-state index in [1.807, 2.05) is 18.2 Å². The van der Waals surface area contributed by atoms with Gasteiger partial charge in [-0.15, -0.1) is 0 Å². The molecule has 0 saturated carbocycles. The Bertz CT molecular complexity index is 650. The number of hydrogen-bond acceptors (Lipinski definition) is 3. The van der Waals surface area contributed by atoms with E-state index in [2.05, 4.69) is 26.3 Å². The molecule has 2 amide bonds. The van der Waals surface area contributed by atoms with Gasteiger partial charge in [-0.1, -0.05) is 6.07 Å². The van der Waals surface area contributed by atoms with Crippen LogP contribution in [0.3, 0.4) is 0 Å². The van der Waals surface area contributed by atoms with Crippen molar-refractivity contribution in [1.82, 2.24) is 14.9 Å². The van der Waals surface area contributed by atoms with E-state index < -0.39 is 0 Å². The lowest BCUT2D eigenvalue weighted by molar-refractivity contribution is -0.134. The van der Waals surface area contributed by atoms with Crippen LogP contribution in [0.4, 0.5) is 0 Å². The Morgan fingerprint density at radius 1 is 1.33 bits per heavy atom. The molecular formula is C12H10BrN3O2. The average molecular weight is 308 g/mol. The maximum atomic E-state index is 11.9. The van der Waals surface area contributed by atoms with Gasteiger partial charge in [0.2, 0.25) is 11.8 Å². The highest BCUT2D eigenvalue weighted by molar-refractivity contribution is 9.10. The van der Waals surface area contributed by atoms with Crippen molar-refractivity contribution in [2.45, 2.75) is 18.8 Å². The summed E-state index contributed by atoms with van der Waals surface area (Å²) >= 11 is 3.40. The minimum absolute atomic E-state index is 0.196. The number of carbonyl (C=O) groups is 2. The number of hydrogen-bond donors (Lipinski definition) is 1. The third-order valence-corrected chi connectivity index (χ3v) is 3.76. The van der Waals surface area contributed by atoms with Gasteiger partial charge in [-0.05, 0) is 40.0 Å². The largest absolute Gasteiger partial charge is 0.296 e. The van der Waals surface area contributed by atoms with Gasteiger partial charge >= 0.3 is 0 Å². The molecule has 1 N–H and O–H groups in total. The van der Waals surface area contributed by atoms with Crippen molar-refractivity contribution >= 4 is 33.3 Å². The van der Waals surface area contributed by atoms with Crippen LogP contribution in [-0.2, 0) is 9.59 Å². The van der Waals surface area contributed by atoms with Crippen LogP contribution < -0.4 is 5.32 Å². The summed E-state index contributed by atoms with van der Waals surface area (Å²) in [6.07, 6.45) is 2.62. The Balaban J connectivity index is 2.09. The minimum atomic E-state index is -0.282. The first kappa shape index (κ1) is 11.4. The smallest absolute Gasteiger partial charge is 0.234 e. The molecule has 3 heterocycles. The van der Waals surface area contributed by atoms with Gasteiger partial charge in [0, 0.05) is 6.42 Å². The minimum Gasteiger partial charge on any atom is -0.296 e. The summed E-state index contributed by atoms with van der Waals surface area (Å²) in [5.74, 6) is -0.704. The molecule has 6 heteroatoms. The molecule has 0 bridgehead atoms. The normalized spacial score (nSPS) is 20.2. The van der Waals surface area contributed by atoms with Crippen LogP contribution in [0.2, 0.25) is 0 Å². The van der Waals surface area contributed by atoms with Crippen LogP contribution >= 0.6 is 15.9 Å². The van der Waals surface area contributed by atoms with Crippen LogP contribution in [0.1, 0.15) is 24.3 Å². The van der Waals surface area contributed by atoms with Crippen LogP contribution in [0.25, 0.3) is 5.52 Å². The number of halogens is 1. The zero-order valence-corrected chi connectivity index (χ0v) is 11.0. The molecule has 92 valence electrons.